The van der Waals surface area contributed by atoms with Crippen LogP contribution in [-0.4, -0.2) is 32.7 Å². The van der Waals surface area contributed by atoms with E-state index in [0.717, 1.165) is 38.7 Å². The van der Waals surface area contributed by atoms with Gasteiger partial charge < -0.3 is 9.53 Å². The highest BCUT2D eigenvalue weighted by Crippen LogP contribution is 2.63. The van der Waals surface area contributed by atoms with Crippen LogP contribution in [-0.2, 0) is 4.43 Å². The lowest BCUT2D eigenvalue weighted by Crippen LogP contribution is -2.53. The van der Waals surface area contributed by atoms with Crippen LogP contribution in [0.1, 0.15) is 79.6 Å². The fourth-order valence-electron chi connectivity index (χ4n) is 7.07. The lowest BCUT2D eigenvalue weighted by atomic mass is 9.49. The molecule has 0 unspecified atom stereocenters. The minimum absolute atomic E-state index is 0.0997. The maximum Gasteiger partial charge on any atom is 0.191 e. The van der Waals surface area contributed by atoms with Crippen LogP contribution in [0.5, 0.6) is 0 Å². The molecule has 6 heteroatoms. The number of hydrogen-bond acceptors (Lipinski definition) is 3. The van der Waals surface area contributed by atoms with E-state index in [-0.39, 0.29) is 22.0 Å². The van der Waals surface area contributed by atoms with Crippen molar-refractivity contribution in [2.24, 2.45) is 39.6 Å². The van der Waals surface area contributed by atoms with Gasteiger partial charge in [0.2, 0.25) is 0 Å². The molecule has 0 bridgehead atoms. The van der Waals surface area contributed by atoms with Crippen molar-refractivity contribution in [2.45, 2.75) is 104 Å². The molecule has 3 aliphatic rings. The summed E-state index contributed by atoms with van der Waals surface area (Å²) >= 11 is 0. The molecule has 3 saturated carbocycles. The van der Waals surface area contributed by atoms with Gasteiger partial charge in [-0.3, -0.25) is 0 Å². The zero-order valence-electron chi connectivity index (χ0n) is 21.7. The standard InChI is InChI=1S/C26H47N3O2Si/c1-18-9-10-22-21(16-28-29-27)23(12-14-25(18,22)5)26(6)13-11-20(30)15-19(26)17-31-32(7,8)24(2,3)4/h19-23,30H,1,9-17H2,2-8H3/t19-,20+,21+,22+,23+,25-,26+/m1/s1. The summed E-state index contributed by atoms with van der Waals surface area (Å²) in [4.78, 5) is 3.16. The Labute approximate surface area is 197 Å². The van der Waals surface area contributed by atoms with E-state index in [9.17, 15) is 5.11 Å². The first kappa shape index (κ1) is 25.8. The van der Waals surface area contributed by atoms with E-state index in [2.05, 4.69) is 64.3 Å². The predicted molar refractivity (Wildman–Crippen MR) is 135 cm³/mol. The van der Waals surface area contributed by atoms with Crippen molar-refractivity contribution in [2.75, 3.05) is 13.2 Å². The molecule has 0 spiro atoms. The molecule has 0 radical (unpaired) electrons. The van der Waals surface area contributed by atoms with Gasteiger partial charge in [-0.1, -0.05) is 51.9 Å². The van der Waals surface area contributed by atoms with Crippen molar-refractivity contribution in [3.8, 4) is 0 Å². The Morgan fingerprint density at radius 3 is 2.50 bits per heavy atom. The molecule has 0 aromatic carbocycles. The summed E-state index contributed by atoms with van der Waals surface area (Å²) in [6, 6.07) is 0. The molecule has 0 aromatic heterocycles. The number of aliphatic hydroxyl groups is 1. The van der Waals surface area contributed by atoms with Crippen molar-refractivity contribution in [3.05, 3.63) is 22.6 Å². The first-order valence-electron chi connectivity index (χ1n) is 12.8. The predicted octanol–water partition coefficient (Wildman–Crippen LogP) is 7.48. The lowest BCUT2D eigenvalue weighted by Gasteiger charge is -2.57. The Bertz CT molecular complexity index is 757. The van der Waals surface area contributed by atoms with E-state index in [0.29, 0.717) is 30.2 Å². The maximum absolute atomic E-state index is 10.6. The first-order chi connectivity index (χ1) is 14.8. The summed E-state index contributed by atoms with van der Waals surface area (Å²) in [6.45, 7) is 22.1. The second kappa shape index (κ2) is 9.09. The molecule has 5 nitrogen and oxygen atoms in total. The highest BCUT2D eigenvalue weighted by atomic mass is 28.4. The molecule has 0 aliphatic heterocycles. The van der Waals surface area contributed by atoms with Gasteiger partial charge in [0.05, 0.1) is 6.10 Å². The highest BCUT2D eigenvalue weighted by Gasteiger charge is 2.56. The van der Waals surface area contributed by atoms with Gasteiger partial charge in [-0.2, -0.15) is 0 Å². The molecule has 0 aromatic rings. The zero-order chi connectivity index (χ0) is 23.9. The smallest absolute Gasteiger partial charge is 0.191 e. The largest absolute Gasteiger partial charge is 0.417 e. The van der Waals surface area contributed by atoms with Crippen molar-refractivity contribution in [3.63, 3.8) is 0 Å². The van der Waals surface area contributed by atoms with Crippen LogP contribution in [0.2, 0.25) is 18.1 Å². The number of hydrogen-bond donors (Lipinski definition) is 1. The molecule has 32 heavy (non-hydrogen) atoms. The van der Waals surface area contributed by atoms with Crippen LogP contribution in [0.3, 0.4) is 0 Å². The van der Waals surface area contributed by atoms with E-state index < -0.39 is 8.32 Å². The van der Waals surface area contributed by atoms with Crippen molar-refractivity contribution in [1.29, 1.82) is 0 Å². The fraction of sp³-hybridized carbons (Fsp3) is 0.923. The number of azide groups is 1. The Hall–Kier alpha value is -0.813. The third-order valence-electron chi connectivity index (χ3n) is 10.6. The van der Waals surface area contributed by atoms with Gasteiger partial charge in [-0.15, -0.1) is 0 Å². The van der Waals surface area contributed by atoms with Crippen molar-refractivity contribution in [1.82, 2.24) is 0 Å². The number of rotatable bonds is 6. The second-order valence-electron chi connectivity index (χ2n) is 13.1. The van der Waals surface area contributed by atoms with Crippen molar-refractivity contribution >= 4 is 8.32 Å². The van der Waals surface area contributed by atoms with E-state index in [1.807, 2.05) is 0 Å². The Balaban J connectivity index is 1.90. The number of aliphatic hydroxyl groups excluding tert-OH is 1. The van der Waals surface area contributed by atoms with Gasteiger partial charge in [0, 0.05) is 18.1 Å². The van der Waals surface area contributed by atoms with E-state index in [4.69, 9.17) is 9.96 Å². The number of fused-ring (bicyclic) bond motifs is 1. The first-order valence-corrected chi connectivity index (χ1v) is 15.7. The van der Waals surface area contributed by atoms with E-state index in [1.165, 1.54) is 18.4 Å². The topological polar surface area (TPSA) is 78.2 Å². The summed E-state index contributed by atoms with van der Waals surface area (Å²) in [7, 11) is -1.86. The fourth-order valence-corrected chi connectivity index (χ4v) is 8.12. The van der Waals surface area contributed by atoms with Gasteiger partial charge in [0.1, 0.15) is 0 Å². The molecular formula is C26H47N3O2Si. The molecule has 7 atom stereocenters. The highest BCUT2D eigenvalue weighted by molar-refractivity contribution is 6.74. The summed E-state index contributed by atoms with van der Waals surface area (Å²) in [5.74, 6) is 1.77. The molecule has 182 valence electrons. The third-order valence-corrected chi connectivity index (χ3v) is 15.1. The van der Waals surface area contributed by atoms with Gasteiger partial charge in [0.15, 0.2) is 8.32 Å². The summed E-state index contributed by atoms with van der Waals surface area (Å²) in [5.41, 5.74) is 10.8. The monoisotopic (exact) mass is 461 g/mol. The van der Waals surface area contributed by atoms with E-state index in [1.54, 1.807) is 0 Å². The van der Waals surface area contributed by atoms with Crippen LogP contribution >= 0.6 is 0 Å². The third kappa shape index (κ3) is 4.58. The van der Waals surface area contributed by atoms with Gasteiger partial charge >= 0.3 is 0 Å². The Morgan fingerprint density at radius 2 is 1.88 bits per heavy atom. The van der Waals surface area contributed by atoms with Crippen LogP contribution in [0, 0.1) is 34.5 Å². The minimum atomic E-state index is -1.86. The molecule has 0 amide bonds. The van der Waals surface area contributed by atoms with Crippen LogP contribution in [0.4, 0.5) is 0 Å². The molecule has 0 heterocycles. The number of nitrogens with zero attached hydrogens (tertiary/aromatic N) is 3. The zero-order valence-corrected chi connectivity index (χ0v) is 22.7. The average molecular weight is 462 g/mol. The molecule has 0 saturated heterocycles. The van der Waals surface area contributed by atoms with Gasteiger partial charge in [-0.25, -0.2) is 0 Å². The Kier molecular flexibility index (Phi) is 7.33. The lowest BCUT2D eigenvalue weighted by molar-refractivity contribution is -0.0901. The second-order valence-corrected chi connectivity index (χ2v) is 17.9. The summed E-state index contributed by atoms with van der Waals surface area (Å²) in [5, 5.41) is 14.9. The SMILES string of the molecule is C=C1CC[C@H]2[C@H](CN=[N+]=[N-])[C@@H]([C@@]3(C)CC[C@H](O)C[C@@H]3CO[Si](C)(C)C(C)(C)C)CC[C@]12C. The minimum Gasteiger partial charge on any atom is -0.417 e. The van der Waals surface area contributed by atoms with Crippen molar-refractivity contribution < 1.29 is 9.53 Å². The normalized spacial score (nSPS) is 40.6. The molecule has 3 fully saturated rings. The van der Waals surface area contributed by atoms with Gasteiger partial charge in [-0.05, 0) is 103 Å². The Morgan fingerprint density at radius 1 is 1.19 bits per heavy atom. The molecule has 1 N–H and O–H groups in total. The number of allylic oxidation sites excluding steroid dienone is 1. The maximum atomic E-state index is 10.6. The van der Waals surface area contributed by atoms with Crippen LogP contribution < -0.4 is 0 Å². The molecule has 3 aliphatic carbocycles. The van der Waals surface area contributed by atoms with Crippen LogP contribution in [0.15, 0.2) is 17.3 Å². The summed E-state index contributed by atoms with van der Waals surface area (Å²) < 4.78 is 6.74. The van der Waals surface area contributed by atoms with Crippen LogP contribution in [0.25, 0.3) is 10.4 Å². The van der Waals surface area contributed by atoms with Gasteiger partial charge in [0.25, 0.3) is 0 Å². The average Bonchev–Trinajstić information content (AvgIpc) is 3.01. The molecule has 3 rings (SSSR count). The quantitative estimate of drug-likeness (QED) is 0.146. The molecular weight excluding hydrogens is 414 g/mol. The van der Waals surface area contributed by atoms with E-state index >= 15 is 0 Å². The summed E-state index contributed by atoms with van der Waals surface area (Å²) in [6.07, 6.45) is 7.10.